The zero-order valence-electron chi connectivity index (χ0n) is 48.7. The van der Waals surface area contributed by atoms with Gasteiger partial charge in [0, 0.05) is 40.0 Å². The molecule has 0 saturated carbocycles. The van der Waals surface area contributed by atoms with Gasteiger partial charge in [-0.3, -0.25) is 28.8 Å². The molecule has 3 aromatic rings. The summed E-state index contributed by atoms with van der Waals surface area (Å²) in [5, 5.41) is 20.8. The fraction of sp³-hybridized carbons (Fsp3) is 0.492. The molecule has 0 aliphatic rings. The van der Waals surface area contributed by atoms with Crippen LogP contribution in [0.2, 0.25) is 32.2 Å². The van der Waals surface area contributed by atoms with Crippen molar-refractivity contribution in [3.05, 3.63) is 142 Å². The summed E-state index contributed by atoms with van der Waals surface area (Å²) in [6, 6.07) is 27.4. The number of esters is 4. The number of carboxylic acids is 2. The zero-order valence-corrected chi connectivity index (χ0v) is 55.6. The second-order valence-corrected chi connectivity index (χ2v) is 38.1. The SMILES string of the molecule is [C-]#[N+]C(C)(CCC(=O)OC(OC(=O)CCC(C)(CC(C)(SC(=S)c1ccccc1)C(=O)O)[N+]#[C-])OC(=O)CCC(C)(CC(C)(SC(=S)c1ccccc1)C(=O)OC[Si](C)(C)O[Si](C)(C)CC)[N+]#[C-])CC(C)(SC(=S)c1ccccc1)C(=O)O. The summed E-state index contributed by atoms with van der Waals surface area (Å²) < 4.78 is 25.2. The van der Waals surface area contributed by atoms with E-state index in [1.807, 2.05) is 19.2 Å². The molecule has 0 amide bonds. The summed E-state index contributed by atoms with van der Waals surface area (Å²) in [5.41, 5.74) is -2.53. The van der Waals surface area contributed by atoms with Crippen LogP contribution in [0.3, 0.4) is 0 Å². The first-order chi connectivity index (χ1) is 38.5. The Labute approximate surface area is 519 Å². The molecule has 0 spiro atoms. The Morgan fingerprint density at radius 3 is 1.08 bits per heavy atom. The van der Waals surface area contributed by atoms with E-state index in [0.717, 1.165) is 41.3 Å². The van der Waals surface area contributed by atoms with Crippen molar-refractivity contribution >= 4 is 137 Å². The molecule has 6 atom stereocenters. The summed E-state index contributed by atoms with van der Waals surface area (Å²) in [6.45, 7) is 41.4. The summed E-state index contributed by atoms with van der Waals surface area (Å²) in [4.78, 5) is 92.5. The number of thiocarbonyl (C=S) groups is 3. The van der Waals surface area contributed by atoms with Gasteiger partial charge in [-0.1, -0.05) is 170 Å². The van der Waals surface area contributed by atoms with E-state index in [4.69, 9.17) is 79.4 Å². The second-order valence-electron chi connectivity index (χ2n) is 22.7. The van der Waals surface area contributed by atoms with Gasteiger partial charge in [-0.2, -0.15) is 0 Å². The van der Waals surface area contributed by atoms with Gasteiger partial charge < -0.3 is 47.8 Å². The predicted octanol–water partition coefficient (Wildman–Crippen LogP) is 13.7. The van der Waals surface area contributed by atoms with E-state index in [9.17, 15) is 39.0 Å². The molecule has 16 nitrogen and oxygen atoms in total. The first-order valence-corrected chi connectivity index (χ1v) is 36.4. The number of ether oxygens (including phenoxy) is 4. The Kier molecular flexibility index (Phi) is 27.0. The molecule has 83 heavy (non-hydrogen) atoms. The highest BCUT2D eigenvalue weighted by Gasteiger charge is 2.50. The zero-order chi connectivity index (χ0) is 62.7. The number of rotatable bonds is 32. The van der Waals surface area contributed by atoms with Crippen LogP contribution in [-0.4, -0.2) is 119 Å². The van der Waals surface area contributed by atoms with Crippen LogP contribution in [0.4, 0.5) is 0 Å². The smallest absolute Gasteiger partial charge is 0.412 e. The number of carboxylic acid groups (broad SMARTS) is 2. The minimum Gasteiger partial charge on any atom is -0.480 e. The maximum absolute atomic E-state index is 14.3. The van der Waals surface area contributed by atoms with E-state index in [1.54, 1.807) is 98.8 Å². The molecular weight excluding hydrogens is 1210 g/mol. The average molecular weight is 1280 g/mol. The van der Waals surface area contributed by atoms with E-state index >= 15 is 0 Å². The summed E-state index contributed by atoms with van der Waals surface area (Å²) in [6.07, 6.45) is -3.01. The first-order valence-electron chi connectivity index (χ1n) is 26.5. The molecule has 6 unspecified atom stereocenters. The summed E-state index contributed by atoms with van der Waals surface area (Å²) in [7, 11) is -4.57. The van der Waals surface area contributed by atoms with Crippen molar-refractivity contribution in [1.29, 1.82) is 0 Å². The molecule has 0 bridgehead atoms. The summed E-state index contributed by atoms with van der Waals surface area (Å²) >= 11 is 19.8. The van der Waals surface area contributed by atoms with Gasteiger partial charge in [-0.05, 0) is 69.7 Å². The van der Waals surface area contributed by atoms with Crippen LogP contribution in [-0.2, 0) is 51.8 Å². The van der Waals surface area contributed by atoms with Crippen molar-refractivity contribution < 1.29 is 62.0 Å². The Bertz CT molecular complexity index is 2860. The van der Waals surface area contributed by atoms with Crippen LogP contribution in [0.25, 0.3) is 14.5 Å². The topological polar surface area (TPSA) is 202 Å². The number of hydrogen-bond donors (Lipinski definition) is 2. The molecule has 0 saturated heterocycles. The molecule has 0 heterocycles. The lowest BCUT2D eigenvalue weighted by Gasteiger charge is -2.35. The minimum atomic E-state index is -2.53. The largest absolute Gasteiger partial charge is 0.480 e. The normalized spacial score (nSPS) is 16.2. The van der Waals surface area contributed by atoms with Gasteiger partial charge in [0.15, 0.2) is 8.32 Å². The van der Waals surface area contributed by atoms with Gasteiger partial charge in [0.05, 0.1) is 51.1 Å². The van der Waals surface area contributed by atoms with Crippen LogP contribution in [0, 0.1) is 19.7 Å². The quantitative estimate of drug-likeness (QED) is 0.0196. The summed E-state index contributed by atoms with van der Waals surface area (Å²) in [5.74, 6) is -6.41. The predicted molar refractivity (Wildman–Crippen MR) is 344 cm³/mol. The first kappa shape index (κ1) is 71.9. The van der Waals surface area contributed by atoms with Crippen molar-refractivity contribution in [3.8, 4) is 0 Å². The number of nitrogens with zero attached hydrogens (tertiary/aromatic N) is 3. The fourth-order valence-corrected chi connectivity index (χ4v) is 21.4. The number of thioether (sulfide) groups is 3. The van der Waals surface area contributed by atoms with Gasteiger partial charge in [0.2, 0.25) is 24.9 Å². The van der Waals surface area contributed by atoms with Crippen LogP contribution in [0.5, 0.6) is 0 Å². The van der Waals surface area contributed by atoms with E-state index in [2.05, 4.69) is 34.6 Å². The van der Waals surface area contributed by atoms with E-state index in [-0.39, 0.29) is 53.1 Å². The van der Waals surface area contributed by atoms with Gasteiger partial charge in [0.1, 0.15) is 20.5 Å². The van der Waals surface area contributed by atoms with Crippen LogP contribution < -0.4 is 0 Å². The lowest BCUT2D eigenvalue weighted by molar-refractivity contribution is -0.258. The number of carbonyl (C=O) groups excluding carboxylic acids is 4. The fourth-order valence-electron chi connectivity index (χ4n) is 8.63. The molecule has 446 valence electrons. The standard InChI is InChI=1S/C59H73N3O13S6Si2/c1-15-82(11,12)75-83(13,14)40-71-52(70)59(7,81-49(78)43-29-23-18-24-30-43)39-56(4,62-10)36-33-46(65)74-53(72-44(63)31-34-54(2,60-8)37-57(5,50(66)67)79-47(76)41-25-19-16-20-26-41)73-45(64)32-35-55(3,61-9)38-58(6,51(68)69)80-48(77)42-27-21-17-22-28-42/h16-30,53H,15,31-40H2,1-7,11-14H3,(H,66,67)(H,68,69). The van der Waals surface area contributed by atoms with Gasteiger partial charge in [-0.25, -0.2) is 19.7 Å². The second kappa shape index (κ2) is 31.2. The van der Waals surface area contributed by atoms with Gasteiger partial charge in [-0.15, -0.1) is 0 Å². The third-order valence-corrected chi connectivity index (χ3v) is 25.5. The lowest BCUT2D eigenvalue weighted by Crippen LogP contribution is -2.49. The highest BCUT2D eigenvalue weighted by Crippen LogP contribution is 2.43. The Hall–Kier alpha value is -5.34. The molecule has 24 heteroatoms. The van der Waals surface area contributed by atoms with Crippen molar-refractivity contribution in [2.45, 2.75) is 176 Å². The number of carbonyl (C=O) groups is 6. The lowest BCUT2D eigenvalue weighted by atomic mass is 9.86. The molecular formula is C59H73N3O13S6Si2. The van der Waals surface area contributed by atoms with Crippen molar-refractivity contribution in [2.24, 2.45) is 0 Å². The van der Waals surface area contributed by atoms with E-state index in [1.165, 1.54) is 27.7 Å². The molecule has 3 rings (SSSR count). The molecule has 0 aliphatic heterocycles. The molecule has 2 N–H and O–H groups in total. The third kappa shape index (κ3) is 23.2. The number of aliphatic carboxylic acids is 2. The Morgan fingerprint density at radius 2 is 0.807 bits per heavy atom. The van der Waals surface area contributed by atoms with Crippen LogP contribution in [0.1, 0.15) is 123 Å². The minimum absolute atomic E-state index is 0.0407. The van der Waals surface area contributed by atoms with Gasteiger partial charge in [0.25, 0.3) is 0 Å². The third-order valence-electron chi connectivity index (χ3n) is 13.5. The van der Waals surface area contributed by atoms with E-state index < -0.39 is 109 Å². The van der Waals surface area contributed by atoms with Crippen molar-refractivity contribution in [2.75, 3.05) is 6.23 Å². The van der Waals surface area contributed by atoms with Crippen LogP contribution >= 0.6 is 71.9 Å². The van der Waals surface area contributed by atoms with Gasteiger partial charge >= 0.3 is 42.3 Å². The highest BCUT2D eigenvalue weighted by atomic mass is 32.2. The highest BCUT2D eigenvalue weighted by molar-refractivity contribution is 8.25. The Morgan fingerprint density at radius 1 is 0.518 bits per heavy atom. The Balaban J connectivity index is 1.91. The monoisotopic (exact) mass is 1280 g/mol. The molecule has 0 fully saturated rings. The van der Waals surface area contributed by atoms with Crippen molar-refractivity contribution in [1.82, 2.24) is 0 Å². The van der Waals surface area contributed by atoms with E-state index in [0.29, 0.717) is 20.9 Å². The van der Waals surface area contributed by atoms with Crippen molar-refractivity contribution in [3.63, 3.8) is 0 Å². The van der Waals surface area contributed by atoms with Crippen LogP contribution in [0.15, 0.2) is 91.0 Å². The molecule has 3 aromatic carbocycles. The average Bonchev–Trinajstić information content (AvgIpc) is 3.59. The number of hydrogen-bond acceptors (Lipinski definition) is 17. The maximum atomic E-state index is 14.3. The molecule has 0 aromatic heterocycles. The molecule has 0 aliphatic carbocycles. The number of benzene rings is 3. The maximum Gasteiger partial charge on any atom is 0.412 e. The molecule has 0 radical (unpaired) electrons.